The first-order valence-electron chi connectivity index (χ1n) is 6.88. The highest BCUT2D eigenvalue weighted by Gasteiger charge is 2.22. The van der Waals surface area contributed by atoms with E-state index < -0.39 is 0 Å². The van der Waals surface area contributed by atoms with Crippen LogP contribution in [0.25, 0.3) is 5.69 Å². The summed E-state index contributed by atoms with van der Waals surface area (Å²) in [6, 6.07) is 11.7. The highest BCUT2D eigenvalue weighted by atomic mass is 16.5. The van der Waals surface area contributed by atoms with Gasteiger partial charge < -0.3 is 14.2 Å². The molecule has 0 aliphatic carbocycles. The highest BCUT2D eigenvalue weighted by molar-refractivity contribution is 5.94. The second-order valence-electron chi connectivity index (χ2n) is 5.07. The lowest BCUT2D eigenvalue weighted by Crippen LogP contribution is -2.44. The van der Waals surface area contributed by atoms with Crippen molar-refractivity contribution in [3.63, 3.8) is 0 Å². The minimum atomic E-state index is 0.0779. The summed E-state index contributed by atoms with van der Waals surface area (Å²) in [4.78, 5) is 14.4. The van der Waals surface area contributed by atoms with E-state index in [0.717, 1.165) is 11.3 Å². The molecule has 2 aromatic rings. The van der Waals surface area contributed by atoms with E-state index in [-0.39, 0.29) is 12.0 Å². The number of carbonyl (C=O) groups is 1. The molecule has 1 amide bonds. The maximum Gasteiger partial charge on any atom is 0.254 e. The third kappa shape index (κ3) is 2.60. The fraction of sp³-hybridized carbons (Fsp3) is 0.312. The zero-order valence-electron chi connectivity index (χ0n) is 11.5. The van der Waals surface area contributed by atoms with Crippen molar-refractivity contribution >= 4 is 5.91 Å². The second-order valence-corrected chi connectivity index (χ2v) is 5.07. The number of benzene rings is 1. The molecule has 1 aliphatic rings. The van der Waals surface area contributed by atoms with Crippen molar-refractivity contribution in [2.24, 2.45) is 0 Å². The van der Waals surface area contributed by atoms with E-state index in [1.165, 1.54) is 0 Å². The van der Waals surface area contributed by atoms with Crippen molar-refractivity contribution in [2.75, 3.05) is 19.7 Å². The van der Waals surface area contributed by atoms with Crippen molar-refractivity contribution in [3.8, 4) is 5.69 Å². The first kappa shape index (κ1) is 12.9. The Morgan fingerprint density at radius 2 is 2.05 bits per heavy atom. The Bertz CT molecular complexity index is 592. The topological polar surface area (TPSA) is 34.5 Å². The maximum atomic E-state index is 12.5. The largest absolute Gasteiger partial charge is 0.375 e. The Kier molecular flexibility index (Phi) is 3.56. The summed E-state index contributed by atoms with van der Waals surface area (Å²) in [7, 11) is 0. The van der Waals surface area contributed by atoms with Gasteiger partial charge in [0.2, 0.25) is 0 Å². The van der Waals surface area contributed by atoms with Crippen LogP contribution in [0.4, 0.5) is 0 Å². The number of nitrogens with zero attached hydrogens (tertiary/aromatic N) is 2. The maximum absolute atomic E-state index is 12.5. The molecule has 4 nitrogen and oxygen atoms in total. The van der Waals surface area contributed by atoms with E-state index in [9.17, 15) is 4.79 Å². The van der Waals surface area contributed by atoms with E-state index in [1.54, 1.807) is 0 Å². The van der Waals surface area contributed by atoms with E-state index >= 15 is 0 Å². The average Bonchev–Trinajstić information content (AvgIpc) is 3.01. The molecular formula is C16H18N2O2. The normalized spacial score (nSPS) is 19.1. The summed E-state index contributed by atoms with van der Waals surface area (Å²) in [5.41, 5.74) is 1.73. The molecular weight excluding hydrogens is 252 g/mol. The van der Waals surface area contributed by atoms with Gasteiger partial charge in [-0.1, -0.05) is 6.07 Å². The number of ether oxygens (including phenoxy) is 1. The van der Waals surface area contributed by atoms with Crippen LogP contribution in [0, 0.1) is 0 Å². The molecule has 3 rings (SSSR count). The van der Waals surface area contributed by atoms with Crippen molar-refractivity contribution in [2.45, 2.75) is 13.0 Å². The lowest BCUT2D eigenvalue weighted by Gasteiger charge is -2.31. The van der Waals surface area contributed by atoms with Gasteiger partial charge >= 0.3 is 0 Å². The Balaban J connectivity index is 1.83. The van der Waals surface area contributed by atoms with Gasteiger partial charge in [0.1, 0.15) is 0 Å². The van der Waals surface area contributed by atoms with Crippen LogP contribution >= 0.6 is 0 Å². The number of hydrogen-bond acceptors (Lipinski definition) is 2. The molecule has 1 fully saturated rings. The highest BCUT2D eigenvalue weighted by Crippen LogP contribution is 2.15. The molecule has 1 saturated heterocycles. The number of aromatic nitrogens is 1. The van der Waals surface area contributed by atoms with Crippen molar-refractivity contribution in [1.29, 1.82) is 0 Å². The SMILES string of the molecule is CC1CN(C(=O)c2cccc(-n3cccc3)c2)CCO1. The van der Waals surface area contributed by atoms with Gasteiger partial charge in [0.05, 0.1) is 12.7 Å². The Morgan fingerprint density at radius 3 is 2.80 bits per heavy atom. The summed E-state index contributed by atoms with van der Waals surface area (Å²) in [6.45, 7) is 3.93. The molecule has 1 atom stereocenters. The molecule has 1 aromatic carbocycles. The lowest BCUT2D eigenvalue weighted by atomic mass is 10.1. The number of rotatable bonds is 2. The average molecular weight is 270 g/mol. The van der Waals surface area contributed by atoms with Crippen LogP contribution in [0.5, 0.6) is 0 Å². The predicted octanol–water partition coefficient (Wildman–Crippen LogP) is 2.34. The predicted molar refractivity (Wildman–Crippen MR) is 77.1 cm³/mol. The van der Waals surface area contributed by atoms with E-state index in [1.807, 2.05) is 65.2 Å². The van der Waals surface area contributed by atoms with Crippen molar-refractivity contribution in [1.82, 2.24) is 9.47 Å². The minimum Gasteiger partial charge on any atom is -0.375 e. The first-order chi connectivity index (χ1) is 9.74. The summed E-state index contributed by atoms with van der Waals surface area (Å²) in [5, 5.41) is 0. The molecule has 0 radical (unpaired) electrons. The van der Waals surface area contributed by atoms with Crippen LogP contribution in [-0.2, 0) is 4.74 Å². The second kappa shape index (κ2) is 5.51. The molecule has 4 heteroatoms. The standard InChI is InChI=1S/C16H18N2O2/c1-13-12-18(9-10-20-13)16(19)14-5-4-6-15(11-14)17-7-2-3-8-17/h2-8,11,13H,9-10,12H2,1H3. The number of morpholine rings is 1. The molecule has 104 valence electrons. The number of carbonyl (C=O) groups excluding carboxylic acids is 1. The Morgan fingerprint density at radius 1 is 1.25 bits per heavy atom. The molecule has 20 heavy (non-hydrogen) atoms. The van der Waals surface area contributed by atoms with Gasteiger partial charge in [-0.05, 0) is 37.3 Å². The smallest absolute Gasteiger partial charge is 0.254 e. The molecule has 2 heterocycles. The van der Waals surface area contributed by atoms with E-state index in [2.05, 4.69) is 0 Å². The molecule has 0 N–H and O–H groups in total. The number of hydrogen-bond donors (Lipinski definition) is 0. The quantitative estimate of drug-likeness (QED) is 0.839. The zero-order chi connectivity index (χ0) is 13.9. The molecule has 0 saturated carbocycles. The fourth-order valence-electron chi connectivity index (χ4n) is 2.49. The van der Waals surface area contributed by atoms with Crippen LogP contribution in [0.1, 0.15) is 17.3 Å². The van der Waals surface area contributed by atoms with Gasteiger partial charge in [-0.3, -0.25) is 4.79 Å². The zero-order valence-corrected chi connectivity index (χ0v) is 11.5. The van der Waals surface area contributed by atoms with E-state index in [0.29, 0.717) is 19.7 Å². The van der Waals surface area contributed by atoms with Crippen LogP contribution in [-0.4, -0.2) is 41.2 Å². The Labute approximate surface area is 118 Å². The molecule has 1 aromatic heterocycles. The third-order valence-corrected chi connectivity index (χ3v) is 3.52. The van der Waals surface area contributed by atoms with E-state index in [4.69, 9.17) is 4.74 Å². The van der Waals surface area contributed by atoms with Crippen molar-refractivity contribution < 1.29 is 9.53 Å². The fourth-order valence-corrected chi connectivity index (χ4v) is 2.49. The molecule has 1 aliphatic heterocycles. The van der Waals surface area contributed by atoms with Crippen LogP contribution in [0.3, 0.4) is 0 Å². The van der Waals surface area contributed by atoms with Gasteiger partial charge in [-0.2, -0.15) is 0 Å². The third-order valence-electron chi connectivity index (χ3n) is 3.52. The summed E-state index contributed by atoms with van der Waals surface area (Å²) >= 11 is 0. The summed E-state index contributed by atoms with van der Waals surface area (Å²) in [5.74, 6) is 0.0779. The number of amides is 1. The summed E-state index contributed by atoms with van der Waals surface area (Å²) in [6.07, 6.45) is 4.06. The van der Waals surface area contributed by atoms with Crippen molar-refractivity contribution in [3.05, 3.63) is 54.4 Å². The minimum absolute atomic E-state index is 0.0779. The monoisotopic (exact) mass is 270 g/mol. The van der Waals surface area contributed by atoms with Crippen LogP contribution in [0.15, 0.2) is 48.8 Å². The van der Waals surface area contributed by atoms with Gasteiger partial charge in [0.25, 0.3) is 5.91 Å². The first-order valence-corrected chi connectivity index (χ1v) is 6.88. The lowest BCUT2D eigenvalue weighted by molar-refractivity contribution is -0.0124. The Hall–Kier alpha value is -2.07. The summed E-state index contributed by atoms with van der Waals surface area (Å²) < 4.78 is 7.48. The molecule has 0 bridgehead atoms. The van der Waals surface area contributed by atoms with Gasteiger partial charge in [-0.15, -0.1) is 0 Å². The molecule has 1 unspecified atom stereocenters. The molecule has 0 spiro atoms. The van der Waals surface area contributed by atoms with Gasteiger partial charge in [0.15, 0.2) is 0 Å². The van der Waals surface area contributed by atoms with Gasteiger partial charge in [-0.25, -0.2) is 0 Å². The van der Waals surface area contributed by atoms with Crippen LogP contribution < -0.4 is 0 Å². The van der Waals surface area contributed by atoms with Crippen LogP contribution in [0.2, 0.25) is 0 Å². The van der Waals surface area contributed by atoms with Gasteiger partial charge in [0, 0.05) is 36.7 Å².